The maximum absolute atomic E-state index is 10.8. The Kier molecular flexibility index (Phi) is 3.07. The highest BCUT2D eigenvalue weighted by Crippen LogP contribution is 2.45. The number of hydrogen-bond acceptors (Lipinski definition) is 3. The van der Waals surface area contributed by atoms with Gasteiger partial charge in [0.1, 0.15) is 11.5 Å². The number of fused-ring (bicyclic) bond motifs is 1. The van der Waals surface area contributed by atoms with Gasteiger partial charge in [0.05, 0.1) is 24.3 Å². The van der Waals surface area contributed by atoms with Crippen LogP contribution in [0.4, 0.5) is 0 Å². The monoisotopic (exact) mass is 267 g/mol. The summed E-state index contributed by atoms with van der Waals surface area (Å²) in [6, 6.07) is 10.3. The summed E-state index contributed by atoms with van der Waals surface area (Å²) in [5.74, 6) is 0. The molecular formula is C16H17N3O. The quantitative estimate of drug-likeness (QED) is 0.907. The molecule has 4 heteroatoms. The lowest BCUT2D eigenvalue weighted by Gasteiger charge is -2.37. The van der Waals surface area contributed by atoms with Crippen molar-refractivity contribution >= 4 is 0 Å². The number of nitriles is 1. The van der Waals surface area contributed by atoms with Crippen molar-refractivity contribution in [3.63, 3.8) is 0 Å². The van der Waals surface area contributed by atoms with Crippen LogP contribution in [0.2, 0.25) is 0 Å². The standard InChI is InChI=1S/C16H17N3O/c1-19-11-18-9-14(19)15(20)16(10-17)8-4-6-12-5-2-3-7-13(12)16/h2-3,5,7,9,11,15,20H,4,6,8H2,1H3. The Bertz CT molecular complexity index is 670. The Morgan fingerprint density at radius 2 is 2.25 bits per heavy atom. The first kappa shape index (κ1) is 12.9. The average molecular weight is 267 g/mol. The second kappa shape index (κ2) is 4.77. The van der Waals surface area contributed by atoms with Crippen molar-refractivity contribution in [2.24, 2.45) is 7.05 Å². The Balaban J connectivity index is 2.15. The molecule has 0 fully saturated rings. The van der Waals surface area contributed by atoms with Crippen molar-refractivity contribution in [3.8, 4) is 6.07 Å². The molecule has 1 aromatic heterocycles. The van der Waals surface area contributed by atoms with Crippen molar-refractivity contribution < 1.29 is 5.11 Å². The van der Waals surface area contributed by atoms with E-state index < -0.39 is 11.5 Å². The van der Waals surface area contributed by atoms with E-state index in [9.17, 15) is 10.4 Å². The highest BCUT2D eigenvalue weighted by atomic mass is 16.3. The van der Waals surface area contributed by atoms with Crippen LogP contribution in [0.5, 0.6) is 0 Å². The van der Waals surface area contributed by atoms with Crippen LogP contribution in [0.3, 0.4) is 0 Å². The van der Waals surface area contributed by atoms with E-state index in [2.05, 4.69) is 17.1 Å². The van der Waals surface area contributed by atoms with Crippen LogP contribution in [0.1, 0.15) is 35.8 Å². The number of hydrogen-bond donors (Lipinski definition) is 1. The molecule has 0 saturated heterocycles. The first-order chi connectivity index (χ1) is 9.69. The van der Waals surface area contributed by atoms with Gasteiger partial charge in [-0.1, -0.05) is 24.3 Å². The highest BCUT2D eigenvalue weighted by Gasteiger charge is 2.44. The number of aromatic nitrogens is 2. The molecular weight excluding hydrogens is 250 g/mol. The summed E-state index contributed by atoms with van der Waals surface area (Å²) in [5, 5.41) is 20.6. The van der Waals surface area contributed by atoms with E-state index in [1.807, 2.05) is 25.2 Å². The molecule has 0 aliphatic heterocycles. The first-order valence-corrected chi connectivity index (χ1v) is 6.83. The van der Waals surface area contributed by atoms with Gasteiger partial charge in [0.2, 0.25) is 0 Å². The fraction of sp³-hybridized carbons (Fsp3) is 0.375. The van der Waals surface area contributed by atoms with Gasteiger partial charge in [0.15, 0.2) is 0 Å². The van der Waals surface area contributed by atoms with Gasteiger partial charge >= 0.3 is 0 Å². The van der Waals surface area contributed by atoms with Crippen molar-refractivity contribution in [1.82, 2.24) is 9.55 Å². The second-order valence-corrected chi connectivity index (χ2v) is 5.43. The van der Waals surface area contributed by atoms with Crippen molar-refractivity contribution in [2.45, 2.75) is 30.8 Å². The van der Waals surface area contributed by atoms with E-state index in [0.29, 0.717) is 12.1 Å². The maximum Gasteiger partial charge on any atom is 0.118 e. The summed E-state index contributed by atoms with van der Waals surface area (Å²) in [4.78, 5) is 4.05. The molecule has 102 valence electrons. The van der Waals surface area contributed by atoms with E-state index in [1.54, 1.807) is 17.1 Å². The maximum atomic E-state index is 10.8. The number of aliphatic hydroxyl groups is 1. The molecule has 0 saturated carbocycles. The van der Waals surface area contributed by atoms with Gasteiger partial charge in [0, 0.05) is 7.05 Å². The molecule has 3 rings (SSSR count). The minimum Gasteiger partial charge on any atom is -0.385 e. The van der Waals surface area contributed by atoms with Crippen LogP contribution in [-0.2, 0) is 18.9 Å². The van der Waals surface area contributed by atoms with E-state index in [1.165, 1.54) is 5.56 Å². The summed E-state index contributed by atoms with van der Waals surface area (Å²) >= 11 is 0. The van der Waals surface area contributed by atoms with Gasteiger partial charge in [-0.2, -0.15) is 5.26 Å². The van der Waals surface area contributed by atoms with Crippen LogP contribution < -0.4 is 0 Å². The Morgan fingerprint density at radius 1 is 1.45 bits per heavy atom. The molecule has 1 aromatic carbocycles. The fourth-order valence-electron chi connectivity index (χ4n) is 3.21. The van der Waals surface area contributed by atoms with Crippen LogP contribution in [0.15, 0.2) is 36.8 Å². The first-order valence-electron chi connectivity index (χ1n) is 6.83. The molecule has 2 unspecified atom stereocenters. The van der Waals surface area contributed by atoms with E-state index >= 15 is 0 Å². The smallest absolute Gasteiger partial charge is 0.118 e. The zero-order chi connectivity index (χ0) is 14.2. The minimum absolute atomic E-state index is 0.673. The zero-order valence-electron chi connectivity index (χ0n) is 11.5. The Labute approximate surface area is 118 Å². The van der Waals surface area contributed by atoms with Crippen LogP contribution in [0.25, 0.3) is 0 Å². The lowest BCUT2D eigenvalue weighted by molar-refractivity contribution is 0.0929. The second-order valence-electron chi connectivity index (χ2n) is 5.43. The predicted molar refractivity (Wildman–Crippen MR) is 74.8 cm³/mol. The molecule has 1 N–H and O–H groups in total. The largest absolute Gasteiger partial charge is 0.385 e. The SMILES string of the molecule is Cn1cncc1C(O)C1(C#N)CCCc2ccccc21. The highest BCUT2D eigenvalue weighted by molar-refractivity contribution is 5.44. The Morgan fingerprint density at radius 3 is 2.95 bits per heavy atom. The molecule has 1 heterocycles. The lowest BCUT2D eigenvalue weighted by atomic mass is 9.67. The van der Waals surface area contributed by atoms with Crippen LogP contribution in [0, 0.1) is 11.3 Å². The molecule has 20 heavy (non-hydrogen) atoms. The van der Waals surface area contributed by atoms with Crippen molar-refractivity contribution in [1.29, 1.82) is 5.26 Å². The predicted octanol–water partition coefficient (Wildman–Crippen LogP) is 2.25. The fourth-order valence-corrected chi connectivity index (χ4v) is 3.21. The molecule has 0 bridgehead atoms. The van der Waals surface area contributed by atoms with Gasteiger partial charge < -0.3 is 9.67 Å². The Hall–Kier alpha value is -2.12. The molecule has 1 aliphatic rings. The summed E-state index contributed by atoms with van der Waals surface area (Å²) in [6.45, 7) is 0. The van der Waals surface area contributed by atoms with Gasteiger partial charge in [-0.05, 0) is 30.4 Å². The van der Waals surface area contributed by atoms with E-state index in [-0.39, 0.29) is 0 Å². The summed E-state index contributed by atoms with van der Waals surface area (Å²) in [5.41, 5.74) is 1.94. The summed E-state index contributed by atoms with van der Waals surface area (Å²) in [7, 11) is 1.84. The molecule has 2 atom stereocenters. The molecule has 0 amide bonds. The third-order valence-corrected chi connectivity index (χ3v) is 4.32. The molecule has 1 aliphatic carbocycles. The number of nitrogens with zero attached hydrogens (tertiary/aromatic N) is 3. The third-order valence-electron chi connectivity index (χ3n) is 4.32. The van der Waals surface area contributed by atoms with Gasteiger partial charge in [0.25, 0.3) is 0 Å². The lowest BCUT2D eigenvalue weighted by Crippen LogP contribution is -2.36. The summed E-state index contributed by atoms with van der Waals surface area (Å²) < 4.78 is 1.78. The molecule has 2 aromatic rings. The van der Waals surface area contributed by atoms with Crippen molar-refractivity contribution in [2.75, 3.05) is 0 Å². The number of rotatable bonds is 2. The van der Waals surface area contributed by atoms with Crippen LogP contribution >= 0.6 is 0 Å². The normalized spacial score (nSPS) is 22.9. The molecule has 4 nitrogen and oxygen atoms in total. The number of aryl methyl sites for hydroxylation is 2. The molecule has 0 radical (unpaired) electrons. The van der Waals surface area contributed by atoms with Gasteiger partial charge in [-0.25, -0.2) is 4.98 Å². The van der Waals surface area contributed by atoms with E-state index in [4.69, 9.17) is 0 Å². The number of aliphatic hydroxyl groups excluding tert-OH is 1. The van der Waals surface area contributed by atoms with Gasteiger partial charge in [-0.15, -0.1) is 0 Å². The minimum atomic E-state index is -0.872. The van der Waals surface area contributed by atoms with E-state index in [0.717, 1.165) is 18.4 Å². The number of benzene rings is 1. The zero-order valence-corrected chi connectivity index (χ0v) is 11.5. The molecule has 0 spiro atoms. The van der Waals surface area contributed by atoms with Crippen LogP contribution in [-0.4, -0.2) is 14.7 Å². The topological polar surface area (TPSA) is 61.8 Å². The third kappa shape index (κ3) is 1.75. The van der Waals surface area contributed by atoms with Gasteiger partial charge in [-0.3, -0.25) is 0 Å². The summed E-state index contributed by atoms with van der Waals surface area (Å²) in [6.07, 6.45) is 4.99. The average Bonchev–Trinajstić information content (AvgIpc) is 2.92. The number of imidazole rings is 1. The van der Waals surface area contributed by atoms with Crippen molar-refractivity contribution in [3.05, 3.63) is 53.6 Å².